The molecule has 1 unspecified atom stereocenters. The summed E-state index contributed by atoms with van der Waals surface area (Å²) in [4.78, 5) is 11.8. The Morgan fingerprint density at radius 3 is 2.45 bits per heavy atom. The molecule has 0 saturated carbocycles. The van der Waals surface area contributed by atoms with Gasteiger partial charge in [-0.1, -0.05) is 35.5 Å². The Labute approximate surface area is 123 Å². The number of halogens is 3. The smallest absolute Gasteiger partial charge is 0.375 e. The zero-order valence-electron chi connectivity index (χ0n) is 11.5. The van der Waals surface area contributed by atoms with E-state index in [9.17, 15) is 23.1 Å². The van der Waals surface area contributed by atoms with E-state index in [1.54, 1.807) is 0 Å². The number of benzene rings is 1. The molecular formula is C13H13F3N4O2. The van der Waals surface area contributed by atoms with Crippen LogP contribution in [0.1, 0.15) is 16.1 Å². The Balaban J connectivity index is 2.20. The lowest BCUT2D eigenvalue weighted by Crippen LogP contribution is -2.51. The molecule has 1 heterocycles. The van der Waals surface area contributed by atoms with Gasteiger partial charge in [0.1, 0.15) is 0 Å². The van der Waals surface area contributed by atoms with Crippen LogP contribution in [0.2, 0.25) is 0 Å². The van der Waals surface area contributed by atoms with Crippen LogP contribution in [-0.2, 0) is 12.6 Å². The van der Waals surface area contributed by atoms with Crippen LogP contribution < -0.4 is 5.32 Å². The lowest BCUT2D eigenvalue weighted by atomic mass is 9.93. The van der Waals surface area contributed by atoms with Crippen molar-refractivity contribution in [2.75, 3.05) is 6.54 Å². The SMILES string of the molecule is Cn1cc(C(=O)NCC(O)(c2ccccc2)C(F)(F)F)nn1. The van der Waals surface area contributed by atoms with Crippen LogP contribution in [0.15, 0.2) is 36.5 Å². The molecule has 1 atom stereocenters. The van der Waals surface area contributed by atoms with Gasteiger partial charge >= 0.3 is 6.18 Å². The van der Waals surface area contributed by atoms with Crippen molar-refractivity contribution >= 4 is 5.91 Å². The number of carbonyl (C=O) groups excluding carboxylic acids is 1. The van der Waals surface area contributed by atoms with Gasteiger partial charge in [-0.2, -0.15) is 13.2 Å². The number of aliphatic hydroxyl groups is 1. The van der Waals surface area contributed by atoms with E-state index in [1.165, 1.54) is 36.1 Å². The Morgan fingerprint density at radius 1 is 1.32 bits per heavy atom. The van der Waals surface area contributed by atoms with Crippen molar-refractivity contribution in [2.45, 2.75) is 11.8 Å². The zero-order chi connectivity index (χ0) is 16.4. The highest BCUT2D eigenvalue weighted by atomic mass is 19.4. The molecule has 0 bridgehead atoms. The van der Waals surface area contributed by atoms with E-state index in [2.05, 4.69) is 10.3 Å². The van der Waals surface area contributed by atoms with Gasteiger partial charge in [-0.05, 0) is 5.56 Å². The normalized spacial score (nSPS) is 14.4. The lowest BCUT2D eigenvalue weighted by molar-refractivity contribution is -0.263. The van der Waals surface area contributed by atoms with Crippen molar-refractivity contribution in [3.63, 3.8) is 0 Å². The number of nitrogens with zero attached hydrogens (tertiary/aromatic N) is 3. The number of aryl methyl sites for hydroxylation is 1. The summed E-state index contributed by atoms with van der Waals surface area (Å²) in [6.07, 6.45) is -3.70. The number of aromatic nitrogens is 3. The predicted octanol–water partition coefficient (Wildman–Crippen LogP) is 0.995. The average molecular weight is 314 g/mol. The molecule has 0 aliphatic rings. The predicted molar refractivity (Wildman–Crippen MR) is 69.7 cm³/mol. The van der Waals surface area contributed by atoms with Gasteiger partial charge in [0.25, 0.3) is 5.91 Å². The summed E-state index contributed by atoms with van der Waals surface area (Å²) >= 11 is 0. The van der Waals surface area contributed by atoms with Crippen LogP contribution in [0.3, 0.4) is 0 Å². The summed E-state index contributed by atoms with van der Waals surface area (Å²) in [6.45, 7) is -1.03. The molecule has 0 aliphatic carbocycles. The monoisotopic (exact) mass is 314 g/mol. The van der Waals surface area contributed by atoms with E-state index < -0.39 is 24.2 Å². The molecule has 6 nitrogen and oxygen atoms in total. The zero-order valence-corrected chi connectivity index (χ0v) is 11.5. The van der Waals surface area contributed by atoms with Gasteiger partial charge in [-0.15, -0.1) is 5.10 Å². The quantitative estimate of drug-likeness (QED) is 0.882. The Kier molecular flexibility index (Phi) is 4.18. The third-order valence-electron chi connectivity index (χ3n) is 3.06. The first kappa shape index (κ1) is 16.0. The fourth-order valence-corrected chi connectivity index (χ4v) is 1.83. The van der Waals surface area contributed by atoms with Crippen molar-refractivity contribution in [3.8, 4) is 0 Å². The fraction of sp³-hybridized carbons (Fsp3) is 0.308. The minimum Gasteiger partial charge on any atom is -0.375 e. The number of carbonyl (C=O) groups is 1. The standard InChI is InChI=1S/C13H13F3N4O2/c1-20-7-10(18-19-20)11(21)17-8-12(22,13(14,15)16)9-5-3-2-4-6-9/h2-7,22H,8H2,1H3,(H,17,21). The molecule has 2 aromatic rings. The van der Waals surface area contributed by atoms with Crippen LogP contribution >= 0.6 is 0 Å². The minimum atomic E-state index is -4.95. The van der Waals surface area contributed by atoms with E-state index in [0.717, 1.165) is 12.1 Å². The second-order valence-electron chi connectivity index (χ2n) is 4.68. The first-order valence-corrected chi connectivity index (χ1v) is 6.23. The molecule has 2 N–H and O–H groups in total. The topological polar surface area (TPSA) is 80.0 Å². The van der Waals surface area contributed by atoms with Gasteiger partial charge < -0.3 is 10.4 Å². The molecule has 1 amide bonds. The summed E-state index contributed by atoms with van der Waals surface area (Å²) in [5.41, 5.74) is -3.69. The Bertz CT molecular complexity index is 657. The summed E-state index contributed by atoms with van der Waals surface area (Å²) < 4.78 is 40.9. The second-order valence-corrected chi connectivity index (χ2v) is 4.68. The first-order valence-electron chi connectivity index (χ1n) is 6.23. The largest absolute Gasteiger partial charge is 0.423 e. The number of alkyl halides is 3. The van der Waals surface area contributed by atoms with Gasteiger partial charge in [0.05, 0.1) is 12.7 Å². The molecule has 22 heavy (non-hydrogen) atoms. The fourth-order valence-electron chi connectivity index (χ4n) is 1.83. The molecular weight excluding hydrogens is 301 g/mol. The van der Waals surface area contributed by atoms with E-state index in [-0.39, 0.29) is 11.3 Å². The summed E-state index contributed by atoms with van der Waals surface area (Å²) in [5, 5.41) is 19.1. The Hall–Kier alpha value is -2.42. The molecule has 118 valence electrons. The van der Waals surface area contributed by atoms with Crippen molar-refractivity contribution in [1.29, 1.82) is 0 Å². The van der Waals surface area contributed by atoms with Crippen molar-refractivity contribution in [2.24, 2.45) is 7.05 Å². The van der Waals surface area contributed by atoms with Crippen LogP contribution in [0.5, 0.6) is 0 Å². The maximum Gasteiger partial charge on any atom is 0.423 e. The van der Waals surface area contributed by atoms with Crippen LogP contribution in [-0.4, -0.2) is 38.7 Å². The highest BCUT2D eigenvalue weighted by Gasteiger charge is 2.55. The molecule has 0 spiro atoms. The van der Waals surface area contributed by atoms with Crippen LogP contribution in [0, 0.1) is 0 Å². The van der Waals surface area contributed by atoms with Gasteiger partial charge in [-0.3, -0.25) is 9.48 Å². The van der Waals surface area contributed by atoms with Gasteiger partial charge in [0.2, 0.25) is 5.60 Å². The van der Waals surface area contributed by atoms with Crippen LogP contribution in [0.4, 0.5) is 13.2 Å². The molecule has 1 aromatic heterocycles. The molecule has 9 heteroatoms. The number of rotatable bonds is 4. The third-order valence-corrected chi connectivity index (χ3v) is 3.06. The lowest BCUT2D eigenvalue weighted by Gasteiger charge is -2.31. The minimum absolute atomic E-state index is 0.139. The molecule has 2 rings (SSSR count). The van der Waals surface area contributed by atoms with Crippen LogP contribution in [0.25, 0.3) is 0 Å². The van der Waals surface area contributed by atoms with Crippen molar-refractivity contribution in [1.82, 2.24) is 20.3 Å². The van der Waals surface area contributed by atoms with E-state index in [0.29, 0.717) is 0 Å². The maximum atomic E-state index is 13.2. The number of nitrogens with one attached hydrogen (secondary N) is 1. The molecule has 0 aliphatic heterocycles. The summed E-state index contributed by atoms with van der Waals surface area (Å²) in [6, 6.07) is 6.55. The first-order chi connectivity index (χ1) is 10.2. The van der Waals surface area contributed by atoms with E-state index in [1.807, 2.05) is 5.32 Å². The van der Waals surface area contributed by atoms with Crippen molar-refractivity contribution in [3.05, 3.63) is 47.8 Å². The number of hydrogen-bond donors (Lipinski definition) is 2. The van der Waals surface area contributed by atoms with Gasteiger partial charge in [0, 0.05) is 7.05 Å². The Morgan fingerprint density at radius 2 is 1.95 bits per heavy atom. The number of hydrogen-bond acceptors (Lipinski definition) is 4. The molecule has 0 saturated heterocycles. The molecule has 0 radical (unpaired) electrons. The number of amides is 1. The summed E-state index contributed by atoms with van der Waals surface area (Å²) in [5.74, 6) is -0.855. The summed E-state index contributed by atoms with van der Waals surface area (Å²) in [7, 11) is 1.51. The highest BCUT2D eigenvalue weighted by Crippen LogP contribution is 2.38. The second kappa shape index (κ2) is 5.76. The van der Waals surface area contributed by atoms with E-state index >= 15 is 0 Å². The van der Waals surface area contributed by atoms with Gasteiger partial charge in [0.15, 0.2) is 5.69 Å². The van der Waals surface area contributed by atoms with Gasteiger partial charge in [-0.25, -0.2) is 0 Å². The van der Waals surface area contributed by atoms with Crippen molar-refractivity contribution < 1.29 is 23.1 Å². The van der Waals surface area contributed by atoms with E-state index in [4.69, 9.17) is 0 Å². The molecule has 0 fully saturated rings. The maximum absolute atomic E-state index is 13.2. The third kappa shape index (κ3) is 3.08. The average Bonchev–Trinajstić information content (AvgIpc) is 2.91. The molecule has 1 aromatic carbocycles. The highest BCUT2D eigenvalue weighted by molar-refractivity contribution is 5.91.